The number of halogens is 3. The van der Waals surface area contributed by atoms with Gasteiger partial charge in [0.2, 0.25) is 5.91 Å². The molecule has 2 N–H and O–H groups in total. The highest BCUT2D eigenvalue weighted by atomic mass is 35.5. The summed E-state index contributed by atoms with van der Waals surface area (Å²) < 4.78 is 18.8. The molecule has 2 heterocycles. The summed E-state index contributed by atoms with van der Waals surface area (Å²) in [6.07, 6.45) is 2.50. The van der Waals surface area contributed by atoms with Crippen molar-refractivity contribution in [2.24, 2.45) is 5.92 Å². The summed E-state index contributed by atoms with van der Waals surface area (Å²) in [5.74, 6) is -0.820. The molecule has 28 heavy (non-hydrogen) atoms. The molecule has 0 radical (unpaired) electrons. The van der Waals surface area contributed by atoms with Crippen LogP contribution in [0.1, 0.15) is 25.7 Å². The van der Waals surface area contributed by atoms with Gasteiger partial charge >= 0.3 is 0 Å². The van der Waals surface area contributed by atoms with Gasteiger partial charge in [0, 0.05) is 31.8 Å². The summed E-state index contributed by atoms with van der Waals surface area (Å²) in [5.41, 5.74) is -0.275. The Morgan fingerprint density at radius 2 is 1.93 bits per heavy atom. The monoisotopic (exact) mass is 433 g/mol. The van der Waals surface area contributed by atoms with Gasteiger partial charge in [0.25, 0.3) is 5.91 Å². The van der Waals surface area contributed by atoms with Gasteiger partial charge in [-0.1, -0.05) is 11.6 Å². The lowest BCUT2D eigenvalue weighted by Crippen LogP contribution is -2.57. The summed E-state index contributed by atoms with van der Waals surface area (Å²) in [5, 5.41) is 6.00. The molecule has 1 aromatic carbocycles. The van der Waals surface area contributed by atoms with Crippen LogP contribution in [0.25, 0.3) is 0 Å². The first kappa shape index (κ1) is 22.9. The summed E-state index contributed by atoms with van der Waals surface area (Å²) in [7, 11) is 1.59. The fraction of sp³-hybridized carbons (Fsp3) is 0.579. The Kier molecular flexibility index (Phi) is 8.07. The Morgan fingerprint density at radius 1 is 1.29 bits per heavy atom. The van der Waals surface area contributed by atoms with Crippen LogP contribution >= 0.6 is 24.0 Å². The number of hydrogen-bond acceptors (Lipinski definition) is 4. The normalized spacial score (nSPS) is 19.6. The highest BCUT2D eigenvalue weighted by molar-refractivity contribution is 6.31. The zero-order valence-electron chi connectivity index (χ0n) is 15.8. The van der Waals surface area contributed by atoms with Crippen LogP contribution in [0.5, 0.6) is 0 Å². The lowest BCUT2D eigenvalue weighted by Gasteiger charge is -2.41. The van der Waals surface area contributed by atoms with Crippen LogP contribution in [0, 0.1) is 11.7 Å². The summed E-state index contributed by atoms with van der Waals surface area (Å²) in [6, 6.07) is 4.10. The quantitative estimate of drug-likeness (QED) is 0.765. The molecular weight excluding hydrogens is 408 g/mol. The van der Waals surface area contributed by atoms with Crippen molar-refractivity contribution in [3.63, 3.8) is 0 Å². The van der Waals surface area contributed by atoms with Crippen LogP contribution in [0.2, 0.25) is 5.02 Å². The van der Waals surface area contributed by atoms with E-state index in [2.05, 4.69) is 10.6 Å². The van der Waals surface area contributed by atoms with Gasteiger partial charge in [-0.25, -0.2) is 4.39 Å². The zero-order valence-corrected chi connectivity index (χ0v) is 17.4. The number of carbonyl (C=O) groups excluding carboxylic acids is 2. The van der Waals surface area contributed by atoms with Crippen LogP contribution in [-0.4, -0.2) is 55.6 Å². The predicted molar refractivity (Wildman–Crippen MR) is 108 cm³/mol. The lowest BCUT2D eigenvalue weighted by molar-refractivity contribution is -0.160. The number of amides is 2. The Labute approximate surface area is 175 Å². The molecule has 9 heteroatoms. The van der Waals surface area contributed by atoms with E-state index in [1.54, 1.807) is 7.11 Å². The number of likely N-dealkylation sites (tertiary alicyclic amines) is 1. The van der Waals surface area contributed by atoms with Gasteiger partial charge in [-0.05, 0) is 57.0 Å². The summed E-state index contributed by atoms with van der Waals surface area (Å²) in [4.78, 5) is 27.3. The molecule has 0 bridgehead atoms. The molecule has 2 aliphatic heterocycles. The van der Waals surface area contributed by atoms with Gasteiger partial charge < -0.3 is 20.3 Å². The number of carbonyl (C=O) groups is 2. The van der Waals surface area contributed by atoms with E-state index in [4.69, 9.17) is 16.3 Å². The van der Waals surface area contributed by atoms with Crippen LogP contribution in [0.4, 0.5) is 10.1 Å². The average molecular weight is 434 g/mol. The second-order valence-corrected chi connectivity index (χ2v) is 7.54. The van der Waals surface area contributed by atoms with Crippen LogP contribution in [-0.2, 0) is 14.3 Å². The first-order valence-corrected chi connectivity index (χ1v) is 9.64. The molecule has 2 amide bonds. The topological polar surface area (TPSA) is 70.7 Å². The van der Waals surface area contributed by atoms with Gasteiger partial charge in [-0.3, -0.25) is 9.59 Å². The van der Waals surface area contributed by atoms with E-state index in [1.165, 1.54) is 18.2 Å². The summed E-state index contributed by atoms with van der Waals surface area (Å²) in [6.45, 7) is 2.58. The van der Waals surface area contributed by atoms with E-state index in [-0.39, 0.29) is 35.2 Å². The van der Waals surface area contributed by atoms with Crippen LogP contribution in [0.15, 0.2) is 18.2 Å². The molecule has 1 aromatic rings. The number of ether oxygens (including phenoxy) is 1. The van der Waals surface area contributed by atoms with Crippen molar-refractivity contribution in [1.29, 1.82) is 0 Å². The molecule has 3 rings (SSSR count). The van der Waals surface area contributed by atoms with Crippen LogP contribution < -0.4 is 10.6 Å². The van der Waals surface area contributed by atoms with E-state index in [1.807, 2.05) is 4.90 Å². The number of nitrogens with zero attached hydrogens (tertiary/aromatic N) is 1. The van der Waals surface area contributed by atoms with Gasteiger partial charge in [0.15, 0.2) is 0 Å². The maximum atomic E-state index is 13.2. The van der Waals surface area contributed by atoms with E-state index in [9.17, 15) is 14.0 Å². The number of benzene rings is 1. The fourth-order valence-corrected chi connectivity index (χ4v) is 3.97. The molecular formula is C19H26Cl2FN3O3. The minimum Gasteiger partial charge on any atom is -0.368 e. The number of rotatable bonds is 4. The molecule has 0 aromatic heterocycles. The molecule has 0 unspecified atom stereocenters. The van der Waals surface area contributed by atoms with E-state index < -0.39 is 11.4 Å². The van der Waals surface area contributed by atoms with Crippen molar-refractivity contribution >= 4 is 41.5 Å². The van der Waals surface area contributed by atoms with Crippen molar-refractivity contribution in [3.8, 4) is 0 Å². The molecule has 2 saturated heterocycles. The molecule has 0 aliphatic carbocycles. The molecule has 6 nitrogen and oxygen atoms in total. The molecule has 2 aliphatic rings. The second-order valence-electron chi connectivity index (χ2n) is 7.13. The largest absolute Gasteiger partial charge is 0.368 e. The smallest absolute Gasteiger partial charge is 0.254 e. The lowest BCUT2D eigenvalue weighted by atomic mass is 9.88. The number of methoxy groups -OCH3 is 1. The van der Waals surface area contributed by atoms with Gasteiger partial charge in [0.1, 0.15) is 11.4 Å². The fourth-order valence-electron chi connectivity index (χ4n) is 3.79. The van der Waals surface area contributed by atoms with Gasteiger partial charge in [-0.2, -0.15) is 0 Å². The number of hydrogen-bond donors (Lipinski definition) is 2. The van der Waals surface area contributed by atoms with E-state index >= 15 is 0 Å². The van der Waals surface area contributed by atoms with Crippen molar-refractivity contribution in [3.05, 3.63) is 29.0 Å². The molecule has 2 fully saturated rings. The number of piperidine rings is 2. The average Bonchev–Trinajstić information content (AvgIpc) is 2.71. The Bertz CT molecular complexity index is 706. The van der Waals surface area contributed by atoms with E-state index in [0.717, 1.165) is 13.1 Å². The Morgan fingerprint density at radius 3 is 2.50 bits per heavy atom. The molecule has 0 saturated carbocycles. The first-order valence-electron chi connectivity index (χ1n) is 9.26. The van der Waals surface area contributed by atoms with Crippen molar-refractivity contribution in [2.45, 2.75) is 31.3 Å². The SMILES string of the molecule is COC1(C(=O)N2CCC(C(=O)Nc3ccc(F)c(Cl)c3)CC2)CCNCC1.Cl. The Hall–Kier alpha value is -1.41. The first-order chi connectivity index (χ1) is 12.9. The minimum atomic E-state index is -0.745. The third-order valence-electron chi connectivity index (χ3n) is 5.53. The third-order valence-corrected chi connectivity index (χ3v) is 5.82. The maximum absolute atomic E-state index is 13.2. The van der Waals surface area contributed by atoms with Crippen molar-refractivity contribution < 1.29 is 18.7 Å². The maximum Gasteiger partial charge on any atom is 0.254 e. The highest BCUT2D eigenvalue weighted by Gasteiger charge is 2.43. The Balaban J connectivity index is 0.00000280. The van der Waals surface area contributed by atoms with Crippen molar-refractivity contribution in [2.75, 3.05) is 38.6 Å². The zero-order chi connectivity index (χ0) is 19.4. The minimum absolute atomic E-state index is 0. The highest BCUT2D eigenvalue weighted by Crippen LogP contribution is 2.28. The van der Waals surface area contributed by atoms with Gasteiger partial charge in [0.05, 0.1) is 5.02 Å². The molecule has 156 valence electrons. The van der Waals surface area contributed by atoms with Crippen LogP contribution in [0.3, 0.4) is 0 Å². The number of nitrogens with one attached hydrogen (secondary N) is 2. The number of anilines is 1. The summed E-state index contributed by atoms with van der Waals surface area (Å²) >= 11 is 5.75. The third kappa shape index (κ3) is 4.95. The standard InChI is InChI=1S/C19H25ClFN3O3.ClH/c1-27-19(6-8-22-9-7-19)18(26)24-10-4-13(5-11-24)17(25)23-14-2-3-16(21)15(20)12-14;/h2-3,12-13,22H,4-11H2,1H3,(H,23,25);1H. The predicted octanol–water partition coefficient (Wildman–Crippen LogP) is 2.85. The second kappa shape index (κ2) is 9.87. The molecule has 0 spiro atoms. The van der Waals surface area contributed by atoms with Gasteiger partial charge in [-0.15, -0.1) is 12.4 Å². The van der Waals surface area contributed by atoms with E-state index in [0.29, 0.717) is 44.5 Å². The molecule has 0 atom stereocenters. The van der Waals surface area contributed by atoms with Crippen molar-refractivity contribution in [1.82, 2.24) is 10.2 Å².